The molecule has 0 fully saturated rings. The molecule has 0 bridgehead atoms. The largest absolute Gasteiger partial charge is 0.481 e. The lowest BCUT2D eigenvalue weighted by Crippen LogP contribution is -1.98. The van der Waals surface area contributed by atoms with Gasteiger partial charge in [-0.15, -0.1) is 0 Å². The third-order valence-electron chi connectivity index (χ3n) is 2.61. The molecule has 1 aromatic heterocycles. The minimum absolute atomic E-state index is 0.0766. The van der Waals surface area contributed by atoms with E-state index < -0.39 is 5.97 Å². The number of nitrogens with one attached hydrogen (secondary N) is 1. The van der Waals surface area contributed by atoms with E-state index in [4.69, 9.17) is 5.11 Å². The average molecular weight is 203 g/mol. The van der Waals surface area contributed by atoms with Crippen LogP contribution in [0, 0.1) is 0 Å². The molecule has 3 heteroatoms. The fourth-order valence-electron chi connectivity index (χ4n) is 1.88. The van der Waals surface area contributed by atoms with Gasteiger partial charge in [-0.2, -0.15) is 0 Å². The molecule has 0 saturated carbocycles. The molecule has 15 heavy (non-hydrogen) atoms. The first-order chi connectivity index (χ1) is 7.22. The second-order valence-electron chi connectivity index (χ2n) is 3.58. The first kappa shape index (κ1) is 9.77. The number of carboxylic acids is 1. The van der Waals surface area contributed by atoms with Crippen LogP contribution in [0.15, 0.2) is 24.4 Å². The van der Waals surface area contributed by atoms with Crippen molar-refractivity contribution in [2.45, 2.75) is 19.8 Å². The minimum atomic E-state index is -0.794. The Morgan fingerprint density at radius 2 is 2.20 bits per heavy atom. The second-order valence-corrected chi connectivity index (χ2v) is 3.58. The average Bonchev–Trinajstić information content (AvgIpc) is 2.61. The molecule has 0 saturated heterocycles. The van der Waals surface area contributed by atoms with E-state index in [0.29, 0.717) is 0 Å². The molecule has 0 aliphatic heterocycles. The van der Waals surface area contributed by atoms with Crippen LogP contribution in [0.2, 0.25) is 0 Å². The van der Waals surface area contributed by atoms with Crippen molar-refractivity contribution in [2.75, 3.05) is 0 Å². The number of aryl methyl sites for hydroxylation is 1. The summed E-state index contributed by atoms with van der Waals surface area (Å²) in [4.78, 5) is 13.8. The summed E-state index contributed by atoms with van der Waals surface area (Å²) in [5.41, 5.74) is 3.15. The minimum Gasteiger partial charge on any atom is -0.481 e. The molecule has 0 unspecified atom stereocenters. The number of aromatic amines is 1. The number of benzene rings is 1. The molecule has 0 spiro atoms. The van der Waals surface area contributed by atoms with Gasteiger partial charge in [0.15, 0.2) is 0 Å². The smallest absolute Gasteiger partial charge is 0.307 e. The SMILES string of the molecule is CCc1cccc2c(CC(=O)O)c[nH]c12. The van der Waals surface area contributed by atoms with Crippen molar-refractivity contribution in [3.8, 4) is 0 Å². The lowest BCUT2D eigenvalue weighted by molar-refractivity contribution is -0.136. The summed E-state index contributed by atoms with van der Waals surface area (Å²) in [5, 5.41) is 9.78. The molecule has 0 aliphatic carbocycles. The highest BCUT2D eigenvalue weighted by Gasteiger charge is 2.08. The second kappa shape index (κ2) is 3.77. The molecular formula is C12H13NO2. The number of hydrogen-bond acceptors (Lipinski definition) is 1. The Morgan fingerprint density at radius 1 is 1.40 bits per heavy atom. The van der Waals surface area contributed by atoms with Crippen LogP contribution < -0.4 is 0 Å². The van der Waals surface area contributed by atoms with Gasteiger partial charge in [-0.25, -0.2) is 0 Å². The van der Waals surface area contributed by atoms with Crippen molar-refractivity contribution < 1.29 is 9.90 Å². The number of H-pyrrole nitrogens is 1. The van der Waals surface area contributed by atoms with Gasteiger partial charge in [0, 0.05) is 17.1 Å². The maximum Gasteiger partial charge on any atom is 0.307 e. The third kappa shape index (κ3) is 1.73. The fourth-order valence-corrected chi connectivity index (χ4v) is 1.88. The maximum absolute atomic E-state index is 10.7. The van der Waals surface area contributed by atoms with E-state index in [0.717, 1.165) is 22.9 Å². The summed E-state index contributed by atoms with van der Waals surface area (Å²) >= 11 is 0. The Morgan fingerprint density at radius 3 is 2.87 bits per heavy atom. The molecule has 0 aliphatic rings. The van der Waals surface area contributed by atoms with Gasteiger partial charge in [-0.1, -0.05) is 25.1 Å². The van der Waals surface area contributed by atoms with Crippen LogP contribution >= 0.6 is 0 Å². The van der Waals surface area contributed by atoms with E-state index in [-0.39, 0.29) is 6.42 Å². The van der Waals surface area contributed by atoms with Crippen molar-refractivity contribution in [1.82, 2.24) is 4.98 Å². The Bertz CT molecular complexity index is 499. The Kier molecular flexibility index (Phi) is 2.46. The van der Waals surface area contributed by atoms with E-state index in [1.54, 1.807) is 6.20 Å². The van der Waals surface area contributed by atoms with Crippen LogP contribution in [0.3, 0.4) is 0 Å². The highest BCUT2D eigenvalue weighted by molar-refractivity contribution is 5.89. The molecule has 0 radical (unpaired) electrons. The van der Waals surface area contributed by atoms with Crippen LogP contribution in [0.5, 0.6) is 0 Å². The molecule has 2 N–H and O–H groups in total. The number of para-hydroxylation sites is 1. The van der Waals surface area contributed by atoms with Crippen LogP contribution in [0.4, 0.5) is 0 Å². The van der Waals surface area contributed by atoms with E-state index >= 15 is 0 Å². The third-order valence-corrected chi connectivity index (χ3v) is 2.61. The molecule has 0 amide bonds. The van der Waals surface area contributed by atoms with Gasteiger partial charge in [0.2, 0.25) is 0 Å². The topological polar surface area (TPSA) is 53.1 Å². The summed E-state index contributed by atoms with van der Waals surface area (Å²) in [6.07, 6.45) is 2.81. The molecule has 3 nitrogen and oxygen atoms in total. The highest BCUT2D eigenvalue weighted by Crippen LogP contribution is 2.22. The number of carbonyl (C=O) groups is 1. The first-order valence-corrected chi connectivity index (χ1v) is 5.02. The normalized spacial score (nSPS) is 10.7. The highest BCUT2D eigenvalue weighted by atomic mass is 16.4. The zero-order chi connectivity index (χ0) is 10.8. The molecule has 1 aromatic carbocycles. The summed E-state index contributed by atoms with van der Waals surface area (Å²) in [6, 6.07) is 5.99. The van der Waals surface area contributed by atoms with Gasteiger partial charge in [0.1, 0.15) is 0 Å². The van der Waals surface area contributed by atoms with Gasteiger partial charge < -0.3 is 10.1 Å². The van der Waals surface area contributed by atoms with Crippen molar-refractivity contribution in [2.24, 2.45) is 0 Å². The van der Waals surface area contributed by atoms with E-state index in [1.807, 2.05) is 12.1 Å². The fraction of sp³-hybridized carbons (Fsp3) is 0.250. The monoisotopic (exact) mass is 203 g/mol. The lowest BCUT2D eigenvalue weighted by atomic mass is 10.1. The van der Waals surface area contributed by atoms with Gasteiger partial charge in [0.25, 0.3) is 0 Å². The molecule has 2 rings (SSSR count). The van der Waals surface area contributed by atoms with Crippen molar-refractivity contribution in [3.63, 3.8) is 0 Å². The lowest BCUT2D eigenvalue weighted by Gasteiger charge is -1.99. The summed E-state index contributed by atoms with van der Waals surface area (Å²) in [7, 11) is 0. The zero-order valence-corrected chi connectivity index (χ0v) is 8.58. The first-order valence-electron chi connectivity index (χ1n) is 5.02. The van der Waals surface area contributed by atoms with Crippen LogP contribution in [-0.4, -0.2) is 16.1 Å². The summed E-state index contributed by atoms with van der Waals surface area (Å²) < 4.78 is 0. The molecular weight excluding hydrogens is 190 g/mol. The molecule has 1 heterocycles. The molecule has 78 valence electrons. The standard InChI is InChI=1S/C12H13NO2/c1-2-8-4-3-5-10-9(6-11(14)15)7-13-12(8)10/h3-5,7,13H,2,6H2,1H3,(H,14,15). The molecule has 0 atom stereocenters. The zero-order valence-electron chi connectivity index (χ0n) is 8.58. The Hall–Kier alpha value is -1.77. The summed E-state index contributed by atoms with van der Waals surface area (Å²) in [5.74, 6) is -0.794. The number of aromatic nitrogens is 1. The van der Waals surface area contributed by atoms with E-state index in [2.05, 4.69) is 18.0 Å². The number of hydrogen-bond donors (Lipinski definition) is 2. The van der Waals surface area contributed by atoms with Gasteiger partial charge >= 0.3 is 5.97 Å². The quantitative estimate of drug-likeness (QED) is 0.804. The molecule has 2 aromatic rings. The predicted molar refractivity (Wildman–Crippen MR) is 59.0 cm³/mol. The van der Waals surface area contributed by atoms with Crippen LogP contribution in [0.1, 0.15) is 18.1 Å². The number of rotatable bonds is 3. The van der Waals surface area contributed by atoms with Crippen molar-refractivity contribution in [3.05, 3.63) is 35.5 Å². The van der Waals surface area contributed by atoms with Crippen LogP contribution in [-0.2, 0) is 17.6 Å². The van der Waals surface area contributed by atoms with Gasteiger partial charge in [0.05, 0.1) is 6.42 Å². The predicted octanol–water partition coefficient (Wildman–Crippen LogP) is 2.36. The Balaban J connectivity index is 2.55. The van der Waals surface area contributed by atoms with Gasteiger partial charge in [-0.05, 0) is 17.5 Å². The number of fused-ring (bicyclic) bond motifs is 1. The Labute approximate surface area is 87.7 Å². The number of aliphatic carboxylic acids is 1. The van der Waals surface area contributed by atoms with Gasteiger partial charge in [-0.3, -0.25) is 4.79 Å². The van der Waals surface area contributed by atoms with Crippen LogP contribution in [0.25, 0.3) is 10.9 Å². The van der Waals surface area contributed by atoms with E-state index in [1.165, 1.54) is 5.56 Å². The van der Waals surface area contributed by atoms with Crippen molar-refractivity contribution in [1.29, 1.82) is 0 Å². The van der Waals surface area contributed by atoms with E-state index in [9.17, 15) is 4.79 Å². The maximum atomic E-state index is 10.7. The summed E-state index contributed by atoms with van der Waals surface area (Å²) in [6.45, 7) is 2.09. The van der Waals surface area contributed by atoms with Crippen molar-refractivity contribution >= 4 is 16.9 Å². The number of carboxylic acid groups (broad SMARTS) is 1.